The number of rotatable bonds is 12. The van der Waals surface area contributed by atoms with Crippen molar-refractivity contribution >= 4 is 29.1 Å². The second kappa shape index (κ2) is 13.2. The predicted octanol–water partition coefficient (Wildman–Crippen LogP) is 5.00. The van der Waals surface area contributed by atoms with Gasteiger partial charge in [-0.25, -0.2) is 0 Å². The van der Waals surface area contributed by atoms with E-state index in [1.807, 2.05) is 32.0 Å². The average Bonchev–Trinajstić information content (AvgIpc) is 2.93. The van der Waals surface area contributed by atoms with Gasteiger partial charge in [-0.3, -0.25) is 9.59 Å². The zero-order valence-electron chi connectivity index (χ0n) is 22.1. The largest absolute Gasteiger partial charge is 0.493 e. The molecule has 202 valence electrons. The van der Waals surface area contributed by atoms with Crippen molar-refractivity contribution in [2.24, 2.45) is 11.1 Å². The summed E-state index contributed by atoms with van der Waals surface area (Å²) in [5.41, 5.74) is 7.30. The van der Waals surface area contributed by atoms with Gasteiger partial charge >= 0.3 is 0 Å². The van der Waals surface area contributed by atoms with E-state index in [1.165, 1.54) is 14.2 Å². The van der Waals surface area contributed by atoms with Crippen molar-refractivity contribution in [2.45, 2.75) is 20.4 Å². The third-order valence-corrected chi connectivity index (χ3v) is 6.26. The number of nitrogens with two attached hydrogens (primary N) is 1. The van der Waals surface area contributed by atoms with E-state index in [0.717, 1.165) is 0 Å². The van der Waals surface area contributed by atoms with Crippen molar-refractivity contribution in [1.82, 2.24) is 4.90 Å². The average molecular weight is 540 g/mol. The van der Waals surface area contributed by atoms with Crippen molar-refractivity contribution in [3.63, 3.8) is 0 Å². The van der Waals surface area contributed by atoms with Crippen LogP contribution in [0.3, 0.4) is 0 Å². The first-order chi connectivity index (χ1) is 18.2. The van der Waals surface area contributed by atoms with Crippen LogP contribution in [0, 0.1) is 5.41 Å². The summed E-state index contributed by atoms with van der Waals surface area (Å²) in [6.45, 7) is 4.82. The lowest BCUT2D eigenvalue weighted by Crippen LogP contribution is -2.41. The number of ether oxygens (including phenoxy) is 3. The summed E-state index contributed by atoms with van der Waals surface area (Å²) in [7, 11) is 3.06. The quantitative estimate of drug-likeness (QED) is 0.336. The van der Waals surface area contributed by atoms with Gasteiger partial charge in [0.15, 0.2) is 18.1 Å². The van der Waals surface area contributed by atoms with E-state index < -0.39 is 0 Å². The van der Waals surface area contributed by atoms with E-state index in [-0.39, 0.29) is 30.4 Å². The topological polar surface area (TPSA) is 103 Å². The molecule has 0 heterocycles. The monoisotopic (exact) mass is 539 g/mol. The SMILES string of the molecule is COc1ccc(C(=O)N(Cc2cc(NC(=O)COc3ccccc3)ccc2Cl)CC(C)(C)CN)cc1OC. The molecule has 8 nitrogen and oxygen atoms in total. The Bertz CT molecular complexity index is 1250. The molecule has 0 aliphatic rings. The zero-order chi connectivity index (χ0) is 27.7. The van der Waals surface area contributed by atoms with Gasteiger partial charge in [-0.2, -0.15) is 0 Å². The van der Waals surface area contributed by atoms with Crippen molar-refractivity contribution in [3.8, 4) is 17.2 Å². The number of anilines is 1. The zero-order valence-corrected chi connectivity index (χ0v) is 22.9. The summed E-state index contributed by atoms with van der Waals surface area (Å²) in [5, 5.41) is 3.30. The third-order valence-electron chi connectivity index (χ3n) is 5.89. The maximum Gasteiger partial charge on any atom is 0.262 e. The van der Waals surface area contributed by atoms with Crippen LogP contribution in [-0.4, -0.2) is 50.6 Å². The molecule has 0 fully saturated rings. The maximum atomic E-state index is 13.7. The Balaban J connectivity index is 1.81. The first-order valence-corrected chi connectivity index (χ1v) is 12.5. The molecule has 0 spiro atoms. The minimum Gasteiger partial charge on any atom is -0.493 e. The summed E-state index contributed by atoms with van der Waals surface area (Å²) in [4.78, 5) is 27.8. The molecule has 0 unspecified atom stereocenters. The van der Waals surface area contributed by atoms with E-state index in [2.05, 4.69) is 5.32 Å². The van der Waals surface area contributed by atoms with Gasteiger partial charge in [-0.15, -0.1) is 0 Å². The van der Waals surface area contributed by atoms with Gasteiger partial charge in [-0.1, -0.05) is 43.6 Å². The molecule has 0 saturated carbocycles. The molecule has 3 aromatic rings. The number of nitrogens with one attached hydrogen (secondary N) is 1. The van der Waals surface area contributed by atoms with Crippen LogP contribution in [0.25, 0.3) is 0 Å². The summed E-state index contributed by atoms with van der Waals surface area (Å²) in [5.74, 6) is 1.06. The molecular weight excluding hydrogens is 506 g/mol. The van der Waals surface area contributed by atoms with E-state index in [9.17, 15) is 9.59 Å². The molecule has 0 aliphatic carbocycles. The van der Waals surface area contributed by atoms with Crippen LogP contribution >= 0.6 is 11.6 Å². The minimum atomic E-state index is -0.348. The number of amides is 2. The second-order valence-corrected chi connectivity index (χ2v) is 9.96. The predicted molar refractivity (Wildman–Crippen MR) is 149 cm³/mol. The Morgan fingerprint density at radius 3 is 2.34 bits per heavy atom. The van der Waals surface area contributed by atoms with Gasteiger partial charge in [-0.05, 0) is 66.1 Å². The lowest BCUT2D eigenvalue weighted by Gasteiger charge is -2.32. The normalized spacial score (nSPS) is 11.0. The molecule has 0 aromatic heterocycles. The maximum absolute atomic E-state index is 13.7. The number of nitrogens with zero attached hydrogens (tertiary/aromatic N) is 1. The summed E-state index contributed by atoms with van der Waals surface area (Å²) in [6, 6.07) is 19.3. The van der Waals surface area contributed by atoms with Crippen LogP contribution < -0.4 is 25.3 Å². The lowest BCUT2D eigenvalue weighted by atomic mass is 9.92. The van der Waals surface area contributed by atoms with Gasteiger partial charge in [0.25, 0.3) is 11.8 Å². The fraction of sp³-hybridized carbons (Fsp3) is 0.310. The molecule has 3 aromatic carbocycles. The number of halogens is 1. The van der Waals surface area contributed by atoms with Gasteiger partial charge in [0.05, 0.1) is 14.2 Å². The molecule has 3 rings (SSSR count). The van der Waals surface area contributed by atoms with Crippen molar-refractivity contribution in [2.75, 3.05) is 39.2 Å². The Hall–Kier alpha value is -3.75. The number of hydrogen-bond donors (Lipinski definition) is 2. The van der Waals surface area contributed by atoms with Crippen LogP contribution in [0.2, 0.25) is 5.02 Å². The number of hydrogen-bond acceptors (Lipinski definition) is 6. The molecule has 38 heavy (non-hydrogen) atoms. The number of benzene rings is 3. The fourth-order valence-corrected chi connectivity index (χ4v) is 3.95. The smallest absolute Gasteiger partial charge is 0.262 e. The Morgan fingerprint density at radius 2 is 1.68 bits per heavy atom. The molecule has 0 bridgehead atoms. The summed E-state index contributed by atoms with van der Waals surface area (Å²) >= 11 is 6.52. The van der Waals surface area contributed by atoms with Gasteiger partial charge in [0, 0.05) is 29.4 Å². The highest BCUT2D eigenvalue weighted by atomic mass is 35.5. The summed E-state index contributed by atoms with van der Waals surface area (Å²) in [6.07, 6.45) is 0. The highest BCUT2D eigenvalue weighted by molar-refractivity contribution is 6.31. The first kappa shape index (κ1) is 28.8. The molecule has 3 N–H and O–H groups in total. The van der Waals surface area contributed by atoms with E-state index in [0.29, 0.717) is 52.2 Å². The van der Waals surface area contributed by atoms with E-state index in [4.69, 9.17) is 31.5 Å². The van der Waals surface area contributed by atoms with Crippen LogP contribution in [0.5, 0.6) is 17.2 Å². The van der Waals surface area contributed by atoms with Gasteiger partial charge < -0.3 is 30.2 Å². The van der Waals surface area contributed by atoms with Crippen LogP contribution in [0.1, 0.15) is 29.8 Å². The fourth-order valence-electron chi connectivity index (χ4n) is 3.77. The minimum absolute atomic E-state index is 0.142. The molecular formula is C29H34ClN3O5. The van der Waals surface area contributed by atoms with Gasteiger partial charge in [0.1, 0.15) is 5.75 Å². The van der Waals surface area contributed by atoms with Gasteiger partial charge in [0.2, 0.25) is 0 Å². The van der Waals surface area contributed by atoms with Crippen molar-refractivity contribution in [1.29, 1.82) is 0 Å². The highest BCUT2D eigenvalue weighted by Crippen LogP contribution is 2.30. The number of carbonyl (C=O) groups is 2. The second-order valence-electron chi connectivity index (χ2n) is 9.56. The molecule has 0 aliphatic heterocycles. The Labute approximate surface area is 228 Å². The van der Waals surface area contributed by atoms with Crippen LogP contribution in [0.4, 0.5) is 5.69 Å². The molecule has 0 radical (unpaired) electrons. The molecule has 0 saturated heterocycles. The molecule has 9 heteroatoms. The van der Waals surface area contributed by atoms with E-state index >= 15 is 0 Å². The standard InChI is InChI=1S/C29H34ClN3O5/c1-29(2,18-31)19-33(28(35)20-10-13-25(36-3)26(15-20)37-4)16-21-14-22(11-12-24(21)30)32-27(34)17-38-23-8-6-5-7-9-23/h5-15H,16-19,31H2,1-4H3,(H,32,34). The Kier molecular flexibility index (Phi) is 9.98. The first-order valence-electron chi connectivity index (χ1n) is 12.1. The van der Waals surface area contributed by atoms with E-state index in [1.54, 1.807) is 53.4 Å². The molecule has 0 atom stereocenters. The third kappa shape index (κ3) is 7.87. The highest BCUT2D eigenvalue weighted by Gasteiger charge is 2.26. The summed E-state index contributed by atoms with van der Waals surface area (Å²) < 4.78 is 16.2. The van der Waals surface area contributed by atoms with Crippen molar-refractivity contribution < 1.29 is 23.8 Å². The number of para-hydroxylation sites is 1. The van der Waals surface area contributed by atoms with Crippen molar-refractivity contribution in [3.05, 3.63) is 82.9 Å². The number of carbonyl (C=O) groups excluding carboxylic acids is 2. The number of methoxy groups -OCH3 is 2. The molecule has 2 amide bonds. The van der Waals surface area contributed by atoms with Crippen LogP contribution in [-0.2, 0) is 11.3 Å². The lowest BCUT2D eigenvalue weighted by molar-refractivity contribution is -0.118. The van der Waals surface area contributed by atoms with Crippen LogP contribution in [0.15, 0.2) is 66.7 Å². The Morgan fingerprint density at radius 1 is 0.974 bits per heavy atom.